The molecular weight excluding hydrogens is 474 g/mol. The molecule has 0 aliphatic carbocycles. The van der Waals surface area contributed by atoms with E-state index in [1.165, 1.54) is 25.6 Å². The Labute approximate surface area is 197 Å². The predicted molar refractivity (Wildman–Crippen MR) is 125 cm³/mol. The zero-order chi connectivity index (χ0) is 22.9. The van der Waals surface area contributed by atoms with Crippen molar-refractivity contribution < 1.29 is 22.7 Å². The van der Waals surface area contributed by atoms with Crippen molar-refractivity contribution in [2.75, 3.05) is 45.7 Å². The van der Waals surface area contributed by atoms with Crippen molar-refractivity contribution in [3.05, 3.63) is 34.7 Å². The lowest BCUT2D eigenvalue weighted by Crippen LogP contribution is -2.44. The minimum atomic E-state index is -3.43. The Balaban J connectivity index is 1.39. The van der Waals surface area contributed by atoms with Gasteiger partial charge >= 0.3 is 6.03 Å². The number of carbonyl (C=O) groups excluding carboxylic acids is 1. The molecule has 1 aromatic heterocycles. The first-order valence-corrected chi connectivity index (χ1v) is 13.0. The first-order valence-electron chi connectivity index (χ1n) is 10.3. The Morgan fingerprint density at radius 1 is 1.12 bits per heavy atom. The Kier molecular flexibility index (Phi) is 6.58. The molecule has 0 unspecified atom stereocenters. The lowest BCUT2D eigenvalue weighted by molar-refractivity contribution is 0.158. The molecule has 0 saturated carbocycles. The zero-order valence-electron chi connectivity index (χ0n) is 18.0. The van der Waals surface area contributed by atoms with Crippen LogP contribution in [-0.2, 0) is 10.0 Å². The third-order valence-corrected chi connectivity index (χ3v) is 9.88. The van der Waals surface area contributed by atoms with Crippen LogP contribution < -0.4 is 14.8 Å². The maximum Gasteiger partial charge on any atom is 0.321 e. The highest BCUT2D eigenvalue weighted by Crippen LogP contribution is 2.42. The highest BCUT2D eigenvalue weighted by atomic mass is 35.5. The van der Waals surface area contributed by atoms with Gasteiger partial charge in [-0.15, -0.1) is 11.3 Å². The number of anilines is 1. The van der Waals surface area contributed by atoms with Crippen LogP contribution in [0.1, 0.15) is 19.3 Å². The van der Waals surface area contributed by atoms with Gasteiger partial charge in [0.2, 0.25) is 0 Å². The molecule has 2 aliphatic heterocycles. The molecule has 174 valence electrons. The number of sulfonamides is 1. The summed E-state index contributed by atoms with van der Waals surface area (Å²) in [4.78, 5) is 14.7. The van der Waals surface area contributed by atoms with E-state index in [2.05, 4.69) is 5.32 Å². The summed E-state index contributed by atoms with van der Waals surface area (Å²) in [6, 6.07) is 6.41. The second-order valence-electron chi connectivity index (χ2n) is 8.12. The topological polar surface area (TPSA) is 88.2 Å². The van der Waals surface area contributed by atoms with Crippen LogP contribution in [0.3, 0.4) is 0 Å². The average molecular weight is 500 g/mol. The molecule has 4 rings (SSSR count). The molecule has 2 fully saturated rings. The van der Waals surface area contributed by atoms with Gasteiger partial charge in [0.15, 0.2) is 0 Å². The Morgan fingerprint density at radius 3 is 2.44 bits per heavy atom. The molecular formula is C21H26ClN3O5S2. The van der Waals surface area contributed by atoms with E-state index in [-0.39, 0.29) is 11.4 Å². The third-order valence-electron chi connectivity index (χ3n) is 6.31. The van der Waals surface area contributed by atoms with E-state index >= 15 is 0 Å². The number of nitrogens with zero attached hydrogens (tertiary/aromatic N) is 2. The first kappa shape index (κ1) is 23.2. The minimum Gasteiger partial charge on any atom is -0.495 e. The Morgan fingerprint density at radius 2 is 1.81 bits per heavy atom. The second-order valence-corrected chi connectivity index (χ2v) is 11.6. The quantitative estimate of drug-likeness (QED) is 0.668. The fourth-order valence-electron chi connectivity index (χ4n) is 4.41. The number of ether oxygens (including phenoxy) is 2. The number of halogens is 1. The van der Waals surface area contributed by atoms with Gasteiger partial charge in [0, 0.05) is 32.2 Å². The number of nitrogens with one attached hydrogen (secondary N) is 1. The molecule has 1 spiro atoms. The minimum absolute atomic E-state index is 0.0551. The summed E-state index contributed by atoms with van der Waals surface area (Å²) < 4.78 is 38.1. The van der Waals surface area contributed by atoms with Crippen LogP contribution in [0.5, 0.6) is 11.5 Å². The summed E-state index contributed by atoms with van der Waals surface area (Å²) in [5, 5.41) is 5.04. The van der Waals surface area contributed by atoms with Crippen LogP contribution in [0.15, 0.2) is 33.9 Å². The van der Waals surface area contributed by atoms with Gasteiger partial charge in [0.1, 0.15) is 15.7 Å². The van der Waals surface area contributed by atoms with Crippen molar-refractivity contribution in [1.29, 1.82) is 0 Å². The molecule has 3 heterocycles. The van der Waals surface area contributed by atoms with Gasteiger partial charge in [0.25, 0.3) is 10.0 Å². The number of rotatable bonds is 5. The fraction of sp³-hybridized carbons (Fsp3) is 0.476. The molecule has 2 saturated heterocycles. The van der Waals surface area contributed by atoms with Gasteiger partial charge in [-0.1, -0.05) is 17.7 Å². The van der Waals surface area contributed by atoms with Gasteiger partial charge in [0.05, 0.1) is 24.9 Å². The van der Waals surface area contributed by atoms with E-state index in [1.54, 1.807) is 38.9 Å². The van der Waals surface area contributed by atoms with E-state index in [0.717, 1.165) is 19.3 Å². The number of carbonyl (C=O) groups is 1. The van der Waals surface area contributed by atoms with Gasteiger partial charge < -0.3 is 19.7 Å². The SMILES string of the molecule is COc1cc(OC)c(NC(=O)N2CCC3(CCN(S(=O)(=O)c4cccs4)CC3)C2)cc1Cl. The van der Waals surface area contributed by atoms with Crippen LogP contribution in [0.4, 0.5) is 10.5 Å². The third kappa shape index (κ3) is 4.41. The fourth-order valence-corrected chi connectivity index (χ4v) is 7.23. The molecule has 2 amide bonds. The van der Waals surface area contributed by atoms with Crippen molar-refractivity contribution in [3.63, 3.8) is 0 Å². The highest BCUT2D eigenvalue weighted by Gasteiger charge is 2.44. The molecule has 2 aliphatic rings. The molecule has 0 radical (unpaired) electrons. The number of likely N-dealkylation sites (tertiary alicyclic amines) is 1. The lowest BCUT2D eigenvalue weighted by atomic mass is 9.78. The van der Waals surface area contributed by atoms with E-state index in [9.17, 15) is 13.2 Å². The normalized spacial score (nSPS) is 18.7. The molecule has 0 atom stereocenters. The maximum atomic E-state index is 12.9. The van der Waals surface area contributed by atoms with Crippen molar-refractivity contribution in [2.45, 2.75) is 23.5 Å². The zero-order valence-corrected chi connectivity index (χ0v) is 20.4. The van der Waals surface area contributed by atoms with Crippen molar-refractivity contribution in [1.82, 2.24) is 9.21 Å². The van der Waals surface area contributed by atoms with Gasteiger partial charge in [-0.05, 0) is 42.2 Å². The monoisotopic (exact) mass is 499 g/mol. The van der Waals surface area contributed by atoms with Crippen LogP contribution >= 0.6 is 22.9 Å². The largest absolute Gasteiger partial charge is 0.495 e. The molecule has 1 N–H and O–H groups in total. The van der Waals surface area contributed by atoms with E-state index in [4.69, 9.17) is 21.1 Å². The van der Waals surface area contributed by atoms with Crippen LogP contribution in [-0.4, -0.2) is 64.1 Å². The molecule has 1 aromatic carbocycles. The summed E-state index contributed by atoms with van der Waals surface area (Å²) in [5.41, 5.74) is 0.418. The first-order chi connectivity index (χ1) is 15.3. The summed E-state index contributed by atoms with van der Waals surface area (Å²) in [6.45, 7) is 2.16. The van der Waals surface area contributed by atoms with Crippen molar-refractivity contribution in [2.24, 2.45) is 5.41 Å². The standard InChI is InChI=1S/C21H26ClN3O5S2/c1-29-17-13-18(30-2)16(12-15(17)22)23-20(26)24-8-5-21(14-24)6-9-25(10-7-21)32(27,28)19-4-3-11-31-19/h3-4,11-13H,5-10,14H2,1-2H3,(H,23,26). The highest BCUT2D eigenvalue weighted by molar-refractivity contribution is 7.91. The summed E-state index contributed by atoms with van der Waals surface area (Å²) in [7, 11) is -0.402. The van der Waals surface area contributed by atoms with Gasteiger partial charge in [-0.3, -0.25) is 0 Å². The number of methoxy groups -OCH3 is 2. The molecule has 32 heavy (non-hydrogen) atoms. The molecule has 8 nitrogen and oxygen atoms in total. The molecule has 2 aromatic rings. The molecule has 0 bridgehead atoms. The average Bonchev–Trinajstić information content (AvgIpc) is 3.46. The second kappa shape index (κ2) is 9.09. The Bertz CT molecular complexity index is 1080. The smallest absolute Gasteiger partial charge is 0.321 e. The predicted octanol–water partition coefficient (Wildman–Crippen LogP) is 4.13. The lowest BCUT2D eigenvalue weighted by Gasteiger charge is -2.38. The number of urea groups is 1. The van der Waals surface area contributed by atoms with Gasteiger partial charge in [-0.2, -0.15) is 4.31 Å². The van der Waals surface area contributed by atoms with Crippen molar-refractivity contribution >= 4 is 44.7 Å². The van der Waals surface area contributed by atoms with E-state index in [0.29, 0.717) is 52.6 Å². The van der Waals surface area contributed by atoms with Crippen LogP contribution in [0.2, 0.25) is 5.02 Å². The Hall–Kier alpha value is -2.01. The molecule has 11 heteroatoms. The number of piperidine rings is 1. The number of amides is 2. The maximum absolute atomic E-state index is 12.9. The van der Waals surface area contributed by atoms with E-state index < -0.39 is 10.0 Å². The van der Waals surface area contributed by atoms with Gasteiger partial charge in [-0.25, -0.2) is 13.2 Å². The summed E-state index contributed by atoms with van der Waals surface area (Å²) >= 11 is 7.45. The number of thiophene rings is 1. The summed E-state index contributed by atoms with van der Waals surface area (Å²) in [6.07, 6.45) is 2.33. The number of hydrogen-bond acceptors (Lipinski definition) is 6. The van der Waals surface area contributed by atoms with Crippen LogP contribution in [0.25, 0.3) is 0 Å². The van der Waals surface area contributed by atoms with Crippen molar-refractivity contribution in [3.8, 4) is 11.5 Å². The van der Waals surface area contributed by atoms with E-state index in [1.807, 2.05) is 0 Å². The number of hydrogen-bond donors (Lipinski definition) is 1. The number of benzene rings is 1. The van der Waals surface area contributed by atoms with Crippen LogP contribution in [0, 0.1) is 5.41 Å². The summed E-state index contributed by atoms with van der Waals surface area (Å²) in [5.74, 6) is 0.923.